The summed E-state index contributed by atoms with van der Waals surface area (Å²) in [5, 5.41) is 10.8. The number of rotatable bonds is 5. The molecule has 0 aliphatic heterocycles. The molecule has 0 saturated carbocycles. The molecule has 0 saturated heterocycles. The minimum absolute atomic E-state index is 0.244. The van der Waals surface area contributed by atoms with Crippen LogP contribution >= 0.6 is 0 Å². The molecule has 7 heteroatoms. The van der Waals surface area contributed by atoms with Crippen LogP contribution in [0.5, 0.6) is 0 Å². The third kappa shape index (κ3) is 3.12. The summed E-state index contributed by atoms with van der Waals surface area (Å²) in [6.45, 7) is 0.411. The number of benzene rings is 1. The minimum atomic E-state index is -3.48. The van der Waals surface area contributed by atoms with Crippen molar-refractivity contribution >= 4 is 15.7 Å². The number of hydrogen-bond acceptors (Lipinski definition) is 5. The van der Waals surface area contributed by atoms with E-state index in [1.807, 2.05) is 6.07 Å². The molecule has 20 heavy (non-hydrogen) atoms. The Bertz CT molecular complexity index is 672. The number of nitrogens with zero attached hydrogens (tertiary/aromatic N) is 3. The van der Waals surface area contributed by atoms with Crippen molar-refractivity contribution in [1.82, 2.24) is 14.5 Å². The van der Waals surface area contributed by atoms with Crippen molar-refractivity contribution in [2.75, 3.05) is 19.4 Å². The first-order valence-corrected chi connectivity index (χ1v) is 7.48. The average molecular weight is 292 g/mol. The summed E-state index contributed by atoms with van der Waals surface area (Å²) in [4.78, 5) is 0.244. The third-order valence-electron chi connectivity index (χ3n) is 2.73. The van der Waals surface area contributed by atoms with E-state index in [4.69, 9.17) is 0 Å². The van der Waals surface area contributed by atoms with E-state index in [9.17, 15) is 8.42 Å². The number of nitrogens with one attached hydrogen (secondary N) is 1. The van der Waals surface area contributed by atoms with Crippen molar-refractivity contribution in [2.24, 2.45) is 0 Å². The van der Waals surface area contributed by atoms with Gasteiger partial charge in [-0.05, 0) is 24.3 Å². The van der Waals surface area contributed by atoms with E-state index in [0.717, 1.165) is 5.69 Å². The van der Waals surface area contributed by atoms with Gasteiger partial charge in [0.1, 0.15) is 4.90 Å². The molecule has 0 unspecified atom stereocenters. The van der Waals surface area contributed by atoms with Crippen LogP contribution in [0.25, 0.3) is 0 Å². The van der Waals surface area contributed by atoms with Crippen molar-refractivity contribution in [1.29, 1.82) is 0 Å². The van der Waals surface area contributed by atoms with Crippen LogP contribution in [-0.4, -0.2) is 37.0 Å². The largest absolute Gasteiger partial charge is 0.378 e. The average Bonchev–Trinajstić information content (AvgIpc) is 2.46. The topological polar surface area (TPSA) is 75.2 Å². The van der Waals surface area contributed by atoms with Crippen LogP contribution in [0, 0.1) is 0 Å². The Balaban J connectivity index is 2.25. The molecule has 0 fully saturated rings. The van der Waals surface area contributed by atoms with Gasteiger partial charge in [-0.3, -0.25) is 0 Å². The van der Waals surface area contributed by atoms with E-state index in [1.165, 1.54) is 18.4 Å². The maximum atomic E-state index is 12.2. The summed E-state index contributed by atoms with van der Waals surface area (Å²) in [5.74, 6) is 0. The van der Waals surface area contributed by atoms with E-state index < -0.39 is 10.0 Å². The van der Waals surface area contributed by atoms with E-state index in [0.29, 0.717) is 12.2 Å². The molecule has 0 aliphatic rings. The first-order chi connectivity index (χ1) is 9.51. The summed E-state index contributed by atoms with van der Waals surface area (Å²) < 4.78 is 25.6. The van der Waals surface area contributed by atoms with Gasteiger partial charge >= 0.3 is 0 Å². The van der Waals surface area contributed by atoms with Gasteiger partial charge in [-0.25, -0.2) is 12.7 Å². The minimum Gasteiger partial charge on any atom is -0.378 e. The number of aromatic nitrogens is 2. The lowest BCUT2D eigenvalue weighted by atomic mass is 10.3. The third-order valence-corrected chi connectivity index (χ3v) is 4.61. The summed E-state index contributed by atoms with van der Waals surface area (Å²) in [6.07, 6.45) is 1.59. The monoisotopic (exact) mass is 292 g/mol. The number of sulfonamides is 1. The normalized spacial score (nSPS) is 11.6. The van der Waals surface area contributed by atoms with Crippen molar-refractivity contribution in [3.05, 3.63) is 48.3 Å². The van der Waals surface area contributed by atoms with Gasteiger partial charge in [-0.1, -0.05) is 12.1 Å². The molecule has 0 bridgehead atoms. The van der Waals surface area contributed by atoms with Gasteiger partial charge in [0.15, 0.2) is 0 Å². The number of anilines is 1. The second-order valence-electron chi connectivity index (χ2n) is 4.35. The van der Waals surface area contributed by atoms with Crippen LogP contribution in [-0.2, 0) is 16.6 Å². The lowest BCUT2D eigenvalue weighted by molar-refractivity contribution is 0.521. The zero-order chi connectivity index (χ0) is 14.6. The van der Waals surface area contributed by atoms with Gasteiger partial charge in [0.2, 0.25) is 10.0 Å². The summed E-state index contributed by atoms with van der Waals surface area (Å²) in [6, 6.07) is 10.4. The number of hydrogen-bond donors (Lipinski definition) is 1. The molecule has 0 aliphatic carbocycles. The summed E-state index contributed by atoms with van der Waals surface area (Å²) in [7, 11) is -0.460. The van der Waals surface area contributed by atoms with Gasteiger partial charge in [-0.2, -0.15) is 10.2 Å². The van der Waals surface area contributed by atoms with Crippen LogP contribution in [0.15, 0.2) is 47.5 Å². The van der Waals surface area contributed by atoms with Crippen LogP contribution in [0.2, 0.25) is 0 Å². The highest BCUT2D eigenvalue weighted by Gasteiger charge is 2.20. The van der Waals surface area contributed by atoms with Gasteiger partial charge in [0.05, 0.1) is 17.9 Å². The van der Waals surface area contributed by atoms with E-state index in [1.54, 1.807) is 36.5 Å². The predicted octanol–water partition coefficient (Wildman–Crippen LogP) is 1.34. The van der Waals surface area contributed by atoms with Crippen LogP contribution in [0.3, 0.4) is 0 Å². The molecular weight excluding hydrogens is 276 g/mol. The Morgan fingerprint density at radius 3 is 2.55 bits per heavy atom. The molecule has 106 valence electrons. The Morgan fingerprint density at radius 2 is 1.90 bits per heavy atom. The summed E-state index contributed by atoms with van der Waals surface area (Å²) >= 11 is 0. The van der Waals surface area contributed by atoms with Crippen molar-refractivity contribution in [3.8, 4) is 0 Å². The van der Waals surface area contributed by atoms with Gasteiger partial charge in [0.25, 0.3) is 0 Å². The van der Waals surface area contributed by atoms with Gasteiger partial charge in [0, 0.05) is 20.3 Å². The van der Waals surface area contributed by atoms with E-state index >= 15 is 0 Å². The molecule has 1 aromatic carbocycles. The highest BCUT2D eigenvalue weighted by molar-refractivity contribution is 7.89. The first kappa shape index (κ1) is 14.4. The molecular formula is C13H16N4O2S. The van der Waals surface area contributed by atoms with Crippen molar-refractivity contribution < 1.29 is 8.42 Å². The molecule has 1 heterocycles. The molecule has 2 rings (SSSR count). The lowest BCUT2D eigenvalue weighted by Gasteiger charge is -2.15. The molecule has 0 spiro atoms. The fourth-order valence-corrected chi connectivity index (χ4v) is 2.71. The Kier molecular flexibility index (Phi) is 4.31. The van der Waals surface area contributed by atoms with E-state index in [2.05, 4.69) is 15.5 Å². The second kappa shape index (κ2) is 5.98. The second-order valence-corrected chi connectivity index (χ2v) is 6.47. The van der Waals surface area contributed by atoms with Crippen LogP contribution < -0.4 is 5.32 Å². The SMILES string of the molecule is CN(C)S(=O)(=O)c1ccccc1NCc1cccnn1. The smallest absolute Gasteiger partial charge is 0.244 e. The zero-order valence-electron chi connectivity index (χ0n) is 11.3. The lowest BCUT2D eigenvalue weighted by Crippen LogP contribution is -2.23. The van der Waals surface area contributed by atoms with Crippen molar-refractivity contribution in [3.63, 3.8) is 0 Å². The fraction of sp³-hybridized carbons (Fsp3) is 0.231. The highest BCUT2D eigenvalue weighted by Crippen LogP contribution is 2.23. The van der Waals surface area contributed by atoms with Gasteiger partial charge in [-0.15, -0.1) is 0 Å². The van der Waals surface area contributed by atoms with E-state index in [-0.39, 0.29) is 4.90 Å². The molecule has 0 atom stereocenters. The molecule has 1 aromatic heterocycles. The molecule has 1 N–H and O–H groups in total. The fourth-order valence-electron chi connectivity index (χ4n) is 1.65. The molecule has 0 radical (unpaired) electrons. The van der Waals surface area contributed by atoms with Crippen LogP contribution in [0.4, 0.5) is 5.69 Å². The Hall–Kier alpha value is -1.99. The highest BCUT2D eigenvalue weighted by atomic mass is 32.2. The number of para-hydroxylation sites is 1. The molecule has 6 nitrogen and oxygen atoms in total. The molecule has 2 aromatic rings. The van der Waals surface area contributed by atoms with Gasteiger partial charge < -0.3 is 5.32 Å². The maximum Gasteiger partial charge on any atom is 0.244 e. The Morgan fingerprint density at radius 1 is 1.15 bits per heavy atom. The Labute approximate surface area is 118 Å². The molecule has 0 amide bonds. The zero-order valence-corrected chi connectivity index (χ0v) is 12.1. The maximum absolute atomic E-state index is 12.2. The van der Waals surface area contributed by atoms with Crippen LogP contribution in [0.1, 0.15) is 5.69 Å². The van der Waals surface area contributed by atoms with Crippen molar-refractivity contribution in [2.45, 2.75) is 11.4 Å². The quantitative estimate of drug-likeness (QED) is 0.900. The predicted molar refractivity (Wildman–Crippen MR) is 76.7 cm³/mol. The summed E-state index contributed by atoms with van der Waals surface area (Å²) in [5.41, 5.74) is 1.29. The standard InChI is InChI=1S/C13H16N4O2S/c1-17(2)20(18,19)13-8-4-3-7-12(13)14-10-11-6-5-9-15-16-11/h3-9,14H,10H2,1-2H3. The first-order valence-electron chi connectivity index (χ1n) is 6.04.